The normalized spacial score (nSPS) is 17.5. The highest BCUT2D eigenvalue weighted by Crippen LogP contribution is 2.20. The van der Waals surface area contributed by atoms with Crippen LogP contribution < -0.4 is 0 Å². The number of amides is 2. The Balaban J connectivity index is 1.81. The van der Waals surface area contributed by atoms with Crippen LogP contribution in [0.3, 0.4) is 0 Å². The molecule has 0 unspecified atom stereocenters. The maximum atomic E-state index is 13.3. The minimum Gasteiger partial charge on any atom is -0.368 e. The Morgan fingerprint density at radius 3 is 2.80 bits per heavy atom. The van der Waals surface area contributed by atoms with E-state index in [1.54, 1.807) is 22.9 Å². The Labute approximate surface area is 177 Å². The number of aromatic nitrogens is 2. The molecule has 0 spiro atoms. The molecule has 2 aromatic rings. The summed E-state index contributed by atoms with van der Waals surface area (Å²) in [4.78, 5) is 33.9. The second-order valence-corrected chi connectivity index (χ2v) is 8.05. The topological polar surface area (TPSA) is 88.8 Å². The van der Waals surface area contributed by atoms with Gasteiger partial charge >= 0.3 is 0 Å². The van der Waals surface area contributed by atoms with E-state index >= 15 is 0 Å². The molecule has 0 N–H and O–H groups in total. The molecule has 0 bridgehead atoms. The average Bonchev–Trinajstić information content (AvgIpc) is 3.03. The predicted octanol–water partition coefficient (Wildman–Crippen LogP) is 2.47. The van der Waals surface area contributed by atoms with Crippen molar-refractivity contribution in [3.05, 3.63) is 47.1 Å². The average molecular weight is 415 g/mol. The zero-order chi connectivity index (χ0) is 21.7. The number of ether oxygens (including phenoxy) is 1. The Morgan fingerprint density at radius 1 is 1.33 bits per heavy atom. The van der Waals surface area contributed by atoms with Gasteiger partial charge in [-0.3, -0.25) is 14.6 Å². The summed E-state index contributed by atoms with van der Waals surface area (Å²) in [6.45, 7) is 9.50. The number of nitrogens with zero attached hydrogens (tertiary/aromatic N) is 4. The van der Waals surface area contributed by atoms with Crippen molar-refractivity contribution < 1.29 is 18.8 Å². The molecule has 8 nitrogen and oxygen atoms in total. The Kier molecular flexibility index (Phi) is 7.20. The van der Waals surface area contributed by atoms with Crippen molar-refractivity contribution in [1.82, 2.24) is 19.9 Å². The van der Waals surface area contributed by atoms with Gasteiger partial charge in [-0.25, -0.2) is 0 Å². The first kappa shape index (κ1) is 22.0. The van der Waals surface area contributed by atoms with Crippen molar-refractivity contribution in [3.8, 4) is 0 Å². The zero-order valence-corrected chi connectivity index (χ0v) is 18.1. The minimum absolute atomic E-state index is 0.0166. The molecule has 3 rings (SSSR count). The summed E-state index contributed by atoms with van der Waals surface area (Å²) in [5.74, 6) is 0.475. The maximum absolute atomic E-state index is 13.3. The highest BCUT2D eigenvalue weighted by Gasteiger charge is 2.33. The molecule has 1 fully saturated rings. The molecule has 1 aliphatic heterocycles. The summed E-state index contributed by atoms with van der Waals surface area (Å²) >= 11 is 0. The van der Waals surface area contributed by atoms with E-state index in [0.29, 0.717) is 55.6 Å². The summed E-state index contributed by atoms with van der Waals surface area (Å²) in [7, 11) is 0. The first-order chi connectivity index (χ1) is 14.4. The molecule has 30 heavy (non-hydrogen) atoms. The fourth-order valence-corrected chi connectivity index (χ4v) is 3.63. The summed E-state index contributed by atoms with van der Waals surface area (Å²) in [5.41, 5.74) is 1.87. The van der Waals surface area contributed by atoms with E-state index in [0.717, 1.165) is 5.69 Å². The second kappa shape index (κ2) is 9.84. The molecular weight excluding hydrogens is 384 g/mol. The number of aryl methyl sites for hydroxylation is 2. The molecule has 2 aromatic heterocycles. The molecule has 162 valence electrons. The molecule has 0 aliphatic carbocycles. The van der Waals surface area contributed by atoms with Crippen LogP contribution in [0, 0.1) is 12.8 Å². The third kappa shape index (κ3) is 5.24. The van der Waals surface area contributed by atoms with Gasteiger partial charge in [0.1, 0.15) is 17.9 Å². The first-order valence-corrected chi connectivity index (χ1v) is 10.4. The van der Waals surface area contributed by atoms with E-state index in [1.165, 1.54) is 0 Å². The van der Waals surface area contributed by atoms with Gasteiger partial charge in [0.15, 0.2) is 0 Å². The lowest BCUT2D eigenvalue weighted by molar-refractivity contribution is -0.132. The molecule has 1 aliphatic rings. The molecule has 0 radical (unpaired) electrons. The molecule has 1 atom stereocenters. The van der Waals surface area contributed by atoms with Crippen molar-refractivity contribution >= 4 is 11.8 Å². The quantitative estimate of drug-likeness (QED) is 0.692. The van der Waals surface area contributed by atoms with Crippen molar-refractivity contribution in [1.29, 1.82) is 0 Å². The molecule has 2 amide bonds. The molecule has 3 heterocycles. The molecule has 1 saturated heterocycles. The van der Waals surface area contributed by atoms with Gasteiger partial charge in [0.05, 0.1) is 24.1 Å². The van der Waals surface area contributed by atoms with Crippen LogP contribution in [0.15, 0.2) is 28.9 Å². The van der Waals surface area contributed by atoms with E-state index in [9.17, 15) is 9.59 Å². The lowest BCUT2D eigenvalue weighted by atomic mass is 10.1. The second-order valence-electron chi connectivity index (χ2n) is 8.05. The van der Waals surface area contributed by atoms with Crippen LogP contribution in [0.5, 0.6) is 0 Å². The van der Waals surface area contributed by atoms with Gasteiger partial charge in [0.25, 0.3) is 5.91 Å². The summed E-state index contributed by atoms with van der Waals surface area (Å²) in [6.07, 6.45) is 1.99. The SMILES string of the molecule is CCc1noc(C)c1C(=O)N1CC(=O)N(CC(C)C)C[C@@H](OCc2ccccn2)C1. The lowest BCUT2D eigenvalue weighted by Crippen LogP contribution is -2.40. The number of carbonyl (C=O) groups is 2. The zero-order valence-electron chi connectivity index (χ0n) is 18.1. The Hall–Kier alpha value is -2.74. The Bertz CT molecular complexity index is 865. The van der Waals surface area contributed by atoms with Crippen LogP contribution in [-0.2, 0) is 22.6 Å². The van der Waals surface area contributed by atoms with Crippen LogP contribution in [-0.4, -0.2) is 64.0 Å². The monoisotopic (exact) mass is 414 g/mol. The smallest absolute Gasteiger partial charge is 0.259 e. The molecule has 8 heteroatoms. The largest absolute Gasteiger partial charge is 0.368 e. The van der Waals surface area contributed by atoms with E-state index in [-0.39, 0.29) is 24.5 Å². The number of hydrogen-bond acceptors (Lipinski definition) is 6. The fraction of sp³-hybridized carbons (Fsp3) is 0.545. The van der Waals surface area contributed by atoms with E-state index in [4.69, 9.17) is 9.26 Å². The van der Waals surface area contributed by atoms with Crippen molar-refractivity contribution in [2.24, 2.45) is 5.92 Å². The third-order valence-corrected chi connectivity index (χ3v) is 5.07. The van der Waals surface area contributed by atoms with Crippen LogP contribution in [0.1, 0.15) is 48.3 Å². The van der Waals surface area contributed by atoms with Crippen molar-refractivity contribution in [3.63, 3.8) is 0 Å². The number of hydrogen-bond donors (Lipinski definition) is 0. The van der Waals surface area contributed by atoms with Crippen molar-refractivity contribution in [2.75, 3.05) is 26.2 Å². The van der Waals surface area contributed by atoms with Gasteiger partial charge in [-0.2, -0.15) is 0 Å². The van der Waals surface area contributed by atoms with Crippen LogP contribution in [0.4, 0.5) is 0 Å². The molecule has 0 saturated carbocycles. The van der Waals surface area contributed by atoms with Gasteiger partial charge in [0.2, 0.25) is 5.91 Å². The standard InChI is InChI=1S/C22H30N4O4/c1-5-19-21(16(4)30-24-19)22(28)26-12-18(29-14-17-8-6-7-9-23-17)11-25(10-15(2)3)20(27)13-26/h6-9,15,18H,5,10-14H2,1-4H3/t18-/m1/s1. The highest BCUT2D eigenvalue weighted by atomic mass is 16.5. The minimum atomic E-state index is -0.314. The highest BCUT2D eigenvalue weighted by molar-refractivity contribution is 5.98. The summed E-state index contributed by atoms with van der Waals surface area (Å²) in [6, 6.07) is 5.65. The van der Waals surface area contributed by atoms with Gasteiger partial charge in [-0.05, 0) is 31.4 Å². The van der Waals surface area contributed by atoms with Gasteiger partial charge < -0.3 is 19.1 Å². The van der Waals surface area contributed by atoms with Gasteiger partial charge in [-0.1, -0.05) is 32.0 Å². The molecular formula is C22H30N4O4. The maximum Gasteiger partial charge on any atom is 0.259 e. The van der Waals surface area contributed by atoms with Gasteiger partial charge in [0, 0.05) is 25.8 Å². The van der Waals surface area contributed by atoms with Crippen LogP contribution >= 0.6 is 0 Å². The number of carbonyl (C=O) groups excluding carboxylic acids is 2. The molecule has 0 aromatic carbocycles. The van der Waals surface area contributed by atoms with Gasteiger partial charge in [-0.15, -0.1) is 0 Å². The predicted molar refractivity (Wildman–Crippen MR) is 111 cm³/mol. The number of pyridine rings is 1. The summed E-state index contributed by atoms with van der Waals surface area (Å²) < 4.78 is 11.3. The number of rotatable bonds is 7. The van der Waals surface area contributed by atoms with Crippen molar-refractivity contribution in [2.45, 2.75) is 46.8 Å². The first-order valence-electron chi connectivity index (χ1n) is 10.4. The lowest BCUT2D eigenvalue weighted by Gasteiger charge is -2.25. The van der Waals surface area contributed by atoms with E-state index in [2.05, 4.69) is 24.0 Å². The Morgan fingerprint density at radius 2 is 2.13 bits per heavy atom. The van der Waals surface area contributed by atoms with E-state index < -0.39 is 0 Å². The summed E-state index contributed by atoms with van der Waals surface area (Å²) in [5, 5.41) is 3.98. The van der Waals surface area contributed by atoms with Crippen LogP contribution in [0.25, 0.3) is 0 Å². The van der Waals surface area contributed by atoms with E-state index in [1.807, 2.05) is 25.1 Å². The third-order valence-electron chi connectivity index (χ3n) is 5.07. The fourth-order valence-electron chi connectivity index (χ4n) is 3.63. The van der Waals surface area contributed by atoms with Crippen LogP contribution in [0.2, 0.25) is 0 Å².